The van der Waals surface area contributed by atoms with E-state index in [2.05, 4.69) is 15.5 Å². The lowest BCUT2D eigenvalue weighted by atomic mass is 10.1. The summed E-state index contributed by atoms with van der Waals surface area (Å²) < 4.78 is 30.4. The number of ether oxygens (including phenoxy) is 1. The smallest absolute Gasteiger partial charge is 0.230 e. The monoisotopic (exact) mass is 388 g/mol. The number of carbonyl (C=O) groups is 1. The molecule has 10 heteroatoms. The molecule has 0 aliphatic carbocycles. The van der Waals surface area contributed by atoms with Gasteiger partial charge in [-0.15, -0.1) is 10.2 Å². The third-order valence-electron chi connectivity index (χ3n) is 4.61. The van der Waals surface area contributed by atoms with Gasteiger partial charge < -0.3 is 14.6 Å². The van der Waals surface area contributed by atoms with Crippen LogP contribution < -0.4 is 5.32 Å². The third-order valence-corrected chi connectivity index (χ3v) is 7.46. The normalized spacial score (nSPS) is 25.3. The van der Waals surface area contributed by atoms with Crippen LogP contribution in [-0.2, 0) is 32.8 Å². The summed E-state index contributed by atoms with van der Waals surface area (Å²) in [7, 11) is -1.03. The number of hydrogen-bond donors (Lipinski definition) is 1. The third kappa shape index (κ3) is 5.18. The molecule has 1 aromatic heterocycles. The number of rotatable bonds is 7. The van der Waals surface area contributed by atoms with Gasteiger partial charge in [0, 0.05) is 26.6 Å². The predicted molar refractivity (Wildman–Crippen MR) is 94.2 cm³/mol. The van der Waals surface area contributed by atoms with E-state index in [-0.39, 0.29) is 35.2 Å². The van der Waals surface area contributed by atoms with Gasteiger partial charge in [0.2, 0.25) is 5.91 Å². The maximum absolute atomic E-state index is 11.9. The fourth-order valence-electron chi connectivity index (χ4n) is 3.15. The van der Waals surface area contributed by atoms with Crippen molar-refractivity contribution in [3.05, 3.63) is 5.82 Å². The van der Waals surface area contributed by atoms with E-state index in [9.17, 15) is 13.2 Å². The van der Waals surface area contributed by atoms with Gasteiger partial charge in [0.1, 0.15) is 5.82 Å². The molecule has 0 radical (unpaired) electrons. The van der Waals surface area contributed by atoms with Gasteiger partial charge >= 0.3 is 0 Å². The van der Waals surface area contributed by atoms with Crippen LogP contribution in [0.4, 0.5) is 0 Å². The average molecular weight is 389 g/mol. The first-order valence-electron chi connectivity index (χ1n) is 8.53. The lowest BCUT2D eigenvalue weighted by molar-refractivity contribution is -0.119. The lowest BCUT2D eigenvalue weighted by Gasteiger charge is -2.10. The van der Waals surface area contributed by atoms with E-state index in [0.29, 0.717) is 24.5 Å². The van der Waals surface area contributed by atoms with Crippen LogP contribution in [0.2, 0.25) is 0 Å². The van der Waals surface area contributed by atoms with Crippen molar-refractivity contribution in [2.75, 3.05) is 30.4 Å². The van der Waals surface area contributed by atoms with Gasteiger partial charge in [-0.25, -0.2) is 8.42 Å². The quantitative estimate of drug-likeness (QED) is 0.665. The standard InChI is InChI=1S/C15H24N4O4S2/c1-19-13(7-11-4-6-25(21,22)10-11)17-18-15(19)24-9-14(20)16-8-12-3-2-5-23-12/h11-12H,2-10H2,1H3,(H,16,20)/t11-,12+/m1/s1. The Bertz CT molecular complexity index is 713. The summed E-state index contributed by atoms with van der Waals surface area (Å²) >= 11 is 1.33. The molecule has 2 atom stereocenters. The zero-order chi connectivity index (χ0) is 17.9. The number of nitrogens with one attached hydrogen (secondary N) is 1. The average Bonchev–Trinajstić information content (AvgIpc) is 3.27. The van der Waals surface area contributed by atoms with Crippen molar-refractivity contribution in [3.63, 3.8) is 0 Å². The molecule has 2 fully saturated rings. The van der Waals surface area contributed by atoms with E-state index in [1.807, 2.05) is 11.6 Å². The number of carbonyl (C=O) groups excluding carboxylic acids is 1. The molecule has 2 aliphatic rings. The summed E-state index contributed by atoms with van der Waals surface area (Å²) in [6.45, 7) is 1.33. The van der Waals surface area contributed by atoms with Crippen LogP contribution in [0.5, 0.6) is 0 Å². The minimum Gasteiger partial charge on any atom is -0.376 e. The molecule has 1 N–H and O–H groups in total. The highest BCUT2D eigenvalue weighted by atomic mass is 32.2. The van der Waals surface area contributed by atoms with Crippen molar-refractivity contribution in [2.24, 2.45) is 13.0 Å². The van der Waals surface area contributed by atoms with Gasteiger partial charge in [-0.1, -0.05) is 11.8 Å². The van der Waals surface area contributed by atoms with Crippen molar-refractivity contribution in [1.82, 2.24) is 20.1 Å². The molecule has 140 valence electrons. The highest BCUT2D eigenvalue weighted by molar-refractivity contribution is 7.99. The van der Waals surface area contributed by atoms with E-state index >= 15 is 0 Å². The molecular formula is C15H24N4O4S2. The number of aromatic nitrogens is 3. The van der Waals surface area contributed by atoms with Crippen molar-refractivity contribution >= 4 is 27.5 Å². The molecule has 0 aromatic carbocycles. The number of hydrogen-bond acceptors (Lipinski definition) is 7. The van der Waals surface area contributed by atoms with Crippen molar-refractivity contribution in [1.29, 1.82) is 0 Å². The first kappa shape index (κ1) is 18.7. The van der Waals surface area contributed by atoms with Crippen molar-refractivity contribution < 1.29 is 17.9 Å². The molecule has 2 aliphatic heterocycles. The molecule has 2 saturated heterocycles. The number of nitrogens with zero attached hydrogens (tertiary/aromatic N) is 3. The first-order chi connectivity index (χ1) is 11.9. The van der Waals surface area contributed by atoms with Crippen LogP contribution >= 0.6 is 11.8 Å². The maximum Gasteiger partial charge on any atom is 0.230 e. The van der Waals surface area contributed by atoms with Crippen LogP contribution in [-0.4, -0.2) is 65.6 Å². The Labute approximate surface area is 152 Å². The van der Waals surface area contributed by atoms with E-state index < -0.39 is 9.84 Å². The Morgan fingerprint density at radius 1 is 1.40 bits per heavy atom. The summed E-state index contributed by atoms with van der Waals surface area (Å²) in [5.41, 5.74) is 0. The number of thioether (sulfide) groups is 1. The largest absolute Gasteiger partial charge is 0.376 e. The zero-order valence-electron chi connectivity index (χ0n) is 14.3. The Morgan fingerprint density at radius 2 is 2.24 bits per heavy atom. The van der Waals surface area contributed by atoms with E-state index in [1.54, 1.807) is 0 Å². The van der Waals surface area contributed by atoms with E-state index in [4.69, 9.17) is 4.74 Å². The van der Waals surface area contributed by atoms with Gasteiger partial charge in [0.05, 0.1) is 23.4 Å². The zero-order valence-corrected chi connectivity index (χ0v) is 15.9. The molecule has 0 bridgehead atoms. The highest BCUT2D eigenvalue weighted by Gasteiger charge is 2.29. The van der Waals surface area contributed by atoms with Gasteiger partial charge in [0.15, 0.2) is 15.0 Å². The predicted octanol–water partition coefficient (Wildman–Crippen LogP) is 0.180. The van der Waals surface area contributed by atoms with Crippen molar-refractivity contribution in [2.45, 2.75) is 36.9 Å². The minimum absolute atomic E-state index is 0.0491. The fraction of sp³-hybridized carbons (Fsp3) is 0.800. The SMILES string of the molecule is Cn1c(C[C@H]2CCS(=O)(=O)C2)nnc1SCC(=O)NC[C@@H]1CCCO1. The Balaban J connectivity index is 1.45. The van der Waals surface area contributed by atoms with Gasteiger partial charge in [-0.2, -0.15) is 0 Å². The van der Waals surface area contributed by atoms with Crippen molar-refractivity contribution in [3.8, 4) is 0 Å². The van der Waals surface area contributed by atoms with Gasteiger partial charge in [-0.05, 0) is 25.2 Å². The highest BCUT2D eigenvalue weighted by Crippen LogP contribution is 2.23. The molecule has 3 heterocycles. The topological polar surface area (TPSA) is 103 Å². The van der Waals surface area contributed by atoms with E-state index in [0.717, 1.165) is 25.3 Å². The summed E-state index contributed by atoms with van der Waals surface area (Å²) in [6.07, 6.45) is 3.48. The van der Waals surface area contributed by atoms with Crippen LogP contribution in [0.1, 0.15) is 25.1 Å². The number of sulfone groups is 1. The van der Waals surface area contributed by atoms with E-state index in [1.165, 1.54) is 11.8 Å². The fourth-order valence-corrected chi connectivity index (χ4v) is 5.78. The minimum atomic E-state index is -2.88. The molecule has 3 rings (SSSR count). The Morgan fingerprint density at radius 3 is 2.92 bits per heavy atom. The molecule has 8 nitrogen and oxygen atoms in total. The van der Waals surface area contributed by atoms with Crippen LogP contribution in [0.15, 0.2) is 5.16 Å². The molecule has 1 amide bonds. The first-order valence-corrected chi connectivity index (χ1v) is 11.3. The van der Waals surface area contributed by atoms with Crippen LogP contribution in [0, 0.1) is 5.92 Å². The molecule has 0 saturated carbocycles. The second-order valence-electron chi connectivity index (χ2n) is 6.66. The molecule has 25 heavy (non-hydrogen) atoms. The molecular weight excluding hydrogens is 364 g/mol. The summed E-state index contributed by atoms with van der Waals surface area (Å²) in [4.78, 5) is 11.9. The Kier molecular flexibility index (Phi) is 6.00. The van der Waals surface area contributed by atoms with Gasteiger partial charge in [0.25, 0.3) is 0 Å². The molecule has 1 aromatic rings. The number of amides is 1. The summed E-state index contributed by atoms with van der Waals surface area (Å²) in [5.74, 6) is 1.60. The second-order valence-corrected chi connectivity index (χ2v) is 9.83. The summed E-state index contributed by atoms with van der Waals surface area (Å²) in [6, 6.07) is 0. The lowest BCUT2D eigenvalue weighted by Crippen LogP contribution is -2.32. The second kappa shape index (κ2) is 8.05. The van der Waals surface area contributed by atoms with Crippen LogP contribution in [0.25, 0.3) is 0 Å². The van der Waals surface area contributed by atoms with Gasteiger partial charge in [-0.3, -0.25) is 4.79 Å². The summed E-state index contributed by atoms with van der Waals surface area (Å²) in [5, 5.41) is 11.8. The Hall–Kier alpha value is -1.13. The maximum atomic E-state index is 11.9. The van der Waals surface area contributed by atoms with Crippen LogP contribution in [0.3, 0.4) is 0 Å². The molecule has 0 unspecified atom stereocenters. The molecule has 0 spiro atoms.